The summed E-state index contributed by atoms with van der Waals surface area (Å²) in [5, 5.41) is 0. The summed E-state index contributed by atoms with van der Waals surface area (Å²) in [5.41, 5.74) is 0. The first-order valence-corrected chi connectivity index (χ1v) is 5.88. The van der Waals surface area contributed by atoms with Crippen molar-refractivity contribution in [3.63, 3.8) is 0 Å². The van der Waals surface area contributed by atoms with Gasteiger partial charge in [-0.2, -0.15) is 0 Å². The van der Waals surface area contributed by atoms with Crippen LogP contribution >= 0.6 is 0 Å². The Hall–Kier alpha value is -1.58. The SMILES string of the molecule is C[C@H](Oc1cccc(F)c1)C(=O)N1CCCC1. The second-order valence-corrected chi connectivity index (χ2v) is 4.25. The van der Waals surface area contributed by atoms with Crippen molar-refractivity contribution < 1.29 is 13.9 Å². The quantitative estimate of drug-likeness (QED) is 0.806. The highest BCUT2D eigenvalue weighted by molar-refractivity contribution is 5.81. The zero-order chi connectivity index (χ0) is 12.3. The fourth-order valence-electron chi connectivity index (χ4n) is 1.99. The molecule has 0 bridgehead atoms. The molecule has 92 valence electrons. The summed E-state index contributed by atoms with van der Waals surface area (Å²) in [4.78, 5) is 13.7. The van der Waals surface area contributed by atoms with Gasteiger partial charge in [-0.15, -0.1) is 0 Å². The van der Waals surface area contributed by atoms with Crippen molar-refractivity contribution in [2.75, 3.05) is 13.1 Å². The van der Waals surface area contributed by atoms with Crippen LogP contribution in [0.2, 0.25) is 0 Å². The van der Waals surface area contributed by atoms with Crippen LogP contribution in [0, 0.1) is 5.82 Å². The second kappa shape index (κ2) is 5.17. The average molecular weight is 237 g/mol. The molecule has 1 aliphatic heterocycles. The van der Waals surface area contributed by atoms with E-state index >= 15 is 0 Å². The first-order chi connectivity index (χ1) is 8.16. The maximum absolute atomic E-state index is 12.9. The number of rotatable bonds is 3. The lowest BCUT2D eigenvalue weighted by Gasteiger charge is -2.21. The van der Waals surface area contributed by atoms with Gasteiger partial charge in [-0.3, -0.25) is 4.79 Å². The Bertz CT molecular complexity index is 402. The molecule has 1 amide bonds. The normalized spacial score (nSPS) is 16.9. The molecule has 17 heavy (non-hydrogen) atoms. The second-order valence-electron chi connectivity index (χ2n) is 4.25. The van der Waals surface area contributed by atoms with Crippen LogP contribution < -0.4 is 4.74 Å². The van der Waals surface area contributed by atoms with Crippen LogP contribution in [0.1, 0.15) is 19.8 Å². The van der Waals surface area contributed by atoms with Crippen LogP contribution in [-0.2, 0) is 4.79 Å². The monoisotopic (exact) mass is 237 g/mol. The van der Waals surface area contributed by atoms with E-state index in [4.69, 9.17) is 4.74 Å². The molecule has 0 aliphatic carbocycles. The van der Waals surface area contributed by atoms with Gasteiger partial charge < -0.3 is 9.64 Å². The molecular formula is C13H16FNO2. The molecule has 2 rings (SSSR count). The number of hydrogen-bond donors (Lipinski definition) is 0. The molecule has 1 aliphatic rings. The van der Waals surface area contributed by atoms with Gasteiger partial charge in [-0.1, -0.05) is 6.07 Å². The molecule has 0 radical (unpaired) electrons. The predicted molar refractivity (Wildman–Crippen MR) is 62.3 cm³/mol. The van der Waals surface area contributed by atoms with E-state index in [0.29, 0.717) is 5.75 Å². The minimum Gasteiger partial charge on any atom is -0.481 e. The van der Waals surface area contributed by atoms with Gasteiger partial charge in [-0.05, 0) is 31.9 Å². The molecule has 0 aromatic heterocycles. The standard InChI is InChI=1S/C13H16FNO2/c1-10(13(16)15-7-2-3-8-15)17-12-6-4-5-11(14)9-12/h4-6,9-10H,2-3,7-8H2,1H3/t10-/m0/s1. The van der Waals surface area contributed by atoms with Gasteiger partial charge in [0.2, 0.25) is 0 Å². The minimum absolute atomic E-state index is 0.0215. The Balaban J connectivity index is 1.96. The van der Waals surface area contributed by atoms with Gasteiger partial charge in [0.1, 0.15) is 11.6 Å². The van der Waals surface area contributed by atoms with Crippen LogP contribution in [0.25, 0.3) is 0 Å². The zero-order valence-electron chi connectivity index (χ0n) is 9.86. The maximum atomic E-state index is 12.9. The molecule has 1 saturated heterocycles. The number of benzene rings is 1. The van der Waals surface area contributed by atoms with Crippen LogP contribution in [-0.4, -0.2) is 30.0 Å². The number of amides is 1. The van der Waals surface area contributed by atoms with E-state index < -0.39 is 6.10 Å². The molecule has 3 nitrogen and oxygen atoms in total. The molecular weight excluding hydrogens is 221 g/mol. The summed E-state index contributed by atoms with van der Waals surface area (Å²) in [6, 6.07) is 5.85. The highest BCUT2D eigenvalue weighted by Gasteiger charge is 2.24. The highest BCUT2D eigenvalue weighted by atomic mass is 19.1. The van der Waals surface area contributed by atoms with Gasteiger partial charge >= 0.3 is 0 Å². The van der Waals surface area contributed by atoms with Gasteiger partial charge in [0.05, 0.1) is 0 Å². The fourth-order valence-corrected chi connectivity index (χ4v) is 1.99. The molecule has 1 aromatic rings. The third kappa shape index (κ3) is 2.96. The number of hydrogen-bond acceptors (Lipinski definition) is 2. The number of nitrogens with zero attached hydrogens (tertiary/aromatic N) is 1. The first-order valence-electron chi connectivity index (χ1n) is 5.88. The van der Waals surface area contributed by atoms with Crippen LogP contribution in [0.15, 0.2) is 24.3 Å². The Morgan fingerprint density at radius 1 is 1.41 bits per heavy atom. The topological polar surface area (TPSA) is 29.5 Å². The largest absolute Gasteiger partial charge is 0.481 e. The Morgan fingerprint density at radius 2 is 2.12 bits per heavy atom. The van der Waals surface area contributed by atoms with Gasteiger partial charge in [0, 0.05) is 19.2 Å². The van der Waals surface area contributed by atoms with Gasteiger partial charge in [0.25, 0.3) is 5.91 Å². The molecule has 1 atom stereocenters. The van der Waals surface area contributed by atoms with Crippen molar-refractivity contribution in [1.29, 1.82) is 0 Å². The van der Waals surface area contributed by atoms with Crippen molar-refractivity contribution in [3.8, 4) is 5.75 Å². The lowest BCUT2D eigenvalue weighted by Crippen LogP contribution is -2.38. The molecule has 0 N–H and O–H groups in total. The van der Waals surface area contributed by atoms with Crippen LogP contribution in [0.5, 0.6) is 5.75 Å². The maximum Gasteiger partial charge on any atom is 0.263 e. The lowest BCUT2D eigenvalue weighted by molar-refractivity contribution is -0.136. The third-order valence-electron chi connectivity index (χ3n) is 2.87. The van der Waals surface area contributed by atoms with E-state index in [2.05, 4.69) is 0 Å². The van der Waals surface area contributed by atoms with Crippen molar-refractivity contribution >= 4 is 5.91 Å². The predicted octanol–water partition coefficient (Wildman–Crippen LogP) is 2.22. The Kier molecular flexibility index (Phi) is 3.61. The number of halogens is 1. The highest BCUT2D eigenvalue weighted by Crippen LogP contribution is 2.16. The van der Waals surface area contributed by atoms with E-state index in [1.807, 2.05) is 0 Å². The van der Waals surface area contributed by atoms with E-state index in [1.165, 1.54) is 12.1 Å². The van der Waals surface area contributed by atoms with Crippen molar-refractivity contribution in [2.24, 2.45) is 0 Å². The summed E-state index contributed by atoms with van der Waals surface area (Å²) >= 11 is 0. The fraction of sp³-hybridized carbons (Fsp3) is 0.462. The number of carbonyl (C=O) groups excluding carboxylic acids is 1. The smallest absolute Gasteiger partial charge is 0.263 e. The lowest BCUT2D eigenvalue weighted by atomic mass is 10.3. The van der Waals surface area contributed by atoms with Gasteiger partial charge in [0.15, 0.2) is 6.10 Å². The molecule has 1 aromatic carbocycles. The molecule has 4 heteroatoms. The zero-order valence-corrected chi connectivity index (χ0v) is 9.86. The Morgan fingerprint density at radius 3 is 2.76 bits per heavy atom. The van der Waals surface area contributed by atoms with Crippen LogP contribution in [0.4, 0.5) is 4.39 Å². The van der Waals surface area contributed by atoms with Crippen molar-refractivity contribution in [2.45, 2.75) is 25.9 Å². The molecule has 0 saturated carbocycles. The first kappa shape index (κ1) is 11.9. The van der Waals surface area contributed by atoms with E-state index in [-0.39, 0.29) is 11.7 Å². The van der Waals surface area contributed by atoms with E-state index in [1.54, 1.807) is 24.0 Å². The number of likely N-dealkylation sites (tertiary alicyclic amines) is 1. The van der Waals surface area contributed by atoms with Crippen molar-refractivity contribution in [1.82, 2.24) is 4.90 Å². The summed E-state index contributed by atoms with van der Waals surface area (Å²) in [6.07, 6.45) is 1.55. The number of ether oxygens (including phenoxy) is 1. The summed E-state index contributed by atoms with van der Waals surface area (Å²) < 4.78 is 18.4. The third-order valence-corrected chi connectivity index (χ3v) is 2.87. The number of carbonyl (C=O) groups is 1. The molecule has 1 fully saturated rings. The van der Waals surface area contributed by atoms with Crippen molar-refractivity contribution in [3.05, 3.63) is 30.1 Å². The Labute approximate surface area is 100 Å². The molecule has 1 heterocycles. The van der Waals surface area contributed by atoms with Crippen LogP contribution in [0.3, 0.4) is 0 Å². The average Bonchev–Trinajstić information content (AvgIpc) is 2.81. The van der Waals surface area contributed by atoms with Gasteiger partial charge in [-0.25, -0.2) is 4.39 Å². The van der Waals surface area contributed by atoms with E-state index in [9.17, 15) is 9.18 Å². The summed E-state index contributed by atoms with van der Waals surface area (Å²) in [5.74, 6) is 0.0140. The molecule has 0 unspecified atom stereocenters. The summed E-state index contributed by atoms with van der Waals surface area (Å²) in [7, 11) is 0. The molecule has 0 spiro atoms. The van der Waals surface area contributed by atoms with E-state index in [0.717, 1.165) is 25.9 Å². The minimum atomic E-state index is -0.560. The summed E-state index contributed by atoms with van der Waals surface area (Å²) in [6.45, 7) is 3.30.